The molecule has 202 valence electrons. The quantitative estimate of drug-likeness (QED) is 0.485. The summed E-state index contributed by atoms with van der Waals surface area (Å²) in [6.45, 7) is 9.39. The maximum absolute atomic E-state index is 12.5. The maximum Gasteiger partial charge on any atom is 0.223 e. The molecule has 1 aliphatic carbocycles. The number of hydrogen-bond donors (Lipinski definition) is 2. The molecule has 1 fully saturated rings. The Kier molecular flexibility index (Phi) is 9.54. The van der Waals surface area contributed by atoms with Crippen LogP contribution in [-0.2, 0) is 4.79 Å². The normalized spacial score (nSPS) is 25.1. The minimum Gasteiger partial charge on any atom is -0.493 e. The predicted molar refractivity (Wildman–Crippen MR) is 150 cm³/mol. The Labute approximate surface area is 222 Å². The van der Waals surface area contributed by atoms with E-state index in [0.29, 0.717) is 18.4 Å². The number of nitrogens with one attached hydrogen (secondary N) is 1. The van der Waals surface area contributed by atoms with Crippen LogP contribution in [0.1, 0.15) is 64.9 Å². The van der Waals surface area contributed by atoms with Crippen molar-refractivity contribution in [2.45, 2.75) is 65.6 Å². The lowest BCUT2D eigenvalue weighted by Crippen LogP contribution is -2.42. The Bertz CT molecular complexity index is 963. The number of allylic oxidation sites excluding steroid dienone is 2. The molecule has 1 saturated heterocycles. The van der Waals surface area contributed by atoms with E-state index in [1.54, 1.807) is 0 Å². The molecule has 3 aliphatic rings. The van der Waals surface area contributed by atoms with Crippen molar-refractivity contribution in [1.29, 1.82) is 0 Å². The molecular formula is C30H44N4O3. The van der Waals surface area contributed by atoms with Gasteiger partial charge in [-0.05, 0) is 67.7 Å². The Hall–Kier alpha value is -2.51. The Balaban J connectivity index is 1.18. The summed E-state index contributed by atoms with van der Waals surface area (Å²) in [4.78, 5) is 24.2. The molecule has 7 heteroatoms. The summed E-state index contributed by atoms with van der Waals surface area (Å²) >= 11 is 0. The van der Waals surface area contributed by atoms with Crippen LogP contribution in [0.3, 0.4) is 0 Å². The van der Waals surface area contributed by atoms with Gasteiger partial charge in [0.2, 0.25) is 5.91 Å². The first-order valence-corrected chi connectivity index (χ1v) is 14.0. The van der Waals surface area contributed by atoms with Gasteiger partial charge in [0.1, 0.15) is 5.75 Å². The van der Waals surface area contributed by atoms with Crippen molar-refractivity contribution in [3.63, 3.8) is 0 Å². The van der Waals surface area contributed by atoms with Gasteiger partial charge in [0.05, 0.1) is 6.61 Å². The van der Waals surface area contributed by atoms with E-state index in [1.807, 2.05) is 13.8 Å². The summed E-state index contributed by atoms with van der Waals surface area (Å²) in [5.74, 6) is 1.97. The van der Waals surface area contributed by atoms with E-state index in [1.165, 1.54) is 11.1 Å². The highest BCUT2D eigenvalue weighted by molar-refractivity contribution is 5.85. The molecule has 2 N–H and O–H groups in total. The zero-order chi connectivity index (χ0) is 26.3. The van der Waals surface area contributed by atoms with Crippen LogP contribution in [0.4, 0.5) is 0 Å². The number of benzene rings is 1. The molecule has 1 aromatic rings. The molecule has 1 unspecified atom stereocenters. The largest absolute Gasteiger partial charge is 0.493 e. The number of ether oxygens (including phenoxy) is 1. The molecule has 0 radical (unpaired) electrons. The van der Waals surface area contributed by atoms with E-state index in [0.717, 1.165) is 64.0 Å². The molecule has 4 rings (SSSR count). The second-order valence-electron chi connectivity index (χ2n) is 11.6. The van der Waals surface area contributed by atoms with Gasteiger partial charge in [-0.25, -0.2) is 0 Å². The standard InChI is InChI=1S/C30H44N4O3/c1-4-22-17-31-29(32-18-22)34-15-13-23(14-16-34)19-37-27-11-9-25(10-12-27)24-5-7-26(8-6-24)28(36)33-20-30(2,3)21-35/h5,9-12,17-18,22-23,26,29,35H,4,6-8,13-16,19-21H2,1-3H3,(H,33,36). The number of hydrogen-bond acceptors (Lipinski definition) is 6. The summed E-state index contributed by atoms with van der Waals surface area (Å²) in [6.07, 6.45) is 12.1. The Morgan fingerprint density at radius 1 is 1.14 bits per heavy atom. The zero-order valence-corrected chi connectivity index (χ0v) is 22.7. The fourth-order valence-corrected chi connectivity index (χ4v) is 5.04. The number of aliphatic hydroxyl groups is 1. The number of piperidine rings is 1. The average molecular weight is 509 g/mol. The van der Waals surface area contributed by atoms with Gasteiger partial charge in [-0.2, -0.15) is 0 Å². The lowest BCUT2D eigenvalue weighted by molar-refractivity contribution is -0.125. The summed E-state index contributed by atoms with van der Waals surface area (Å²) in [5, 5.41) is 12.4. The van der Waals surface area contributed by atoms with E-state index >= 15 is 0 Å². The van der Waals surface area contributed by atoms with Gasteiger partial charge in [-0.1, -0.05) is 39.0 Å². The van der Waals surface area contributed by atoms with Crippen molar-refractivity contribution in [2.24, 2.45) is 33.2 Å². The van der Waals surface area contributed by atoms with Gasteiger partial charge >= 0.3 is 0 Å². The SMILES string of the molecule is CCC1C=NC(N2CCC(COc3ccc(C4=CCC(C(=O)NCC(C)(C)CO)CC4)cc3)CC2)N=C1. The van der Waals surface area contributed by atoms with Gasteiger partial charge in [0, 0.05) is 55.9 Å². The molecule has 1 atom stereocenters. The molecule has 7 nitrogen and oxygen atoms in total. The summed E-state index contributed by atoms with van der Waals surface area (Å²) in [7, 11) is 0. The minimum atomic E-state index is -0.288. The van der Waals surface area contributed by atoms with Crippen LogP contribution < -0.4 is 10.1 Å². The second kappa shape index (κ2) is 12.8. The average Bonchev–Trinajstić information content (AvgIpc) is 2.95. The molecule has 37 heavy (non-hydrogen) atoms. The third kappa shape index (κ3) is 7.74. The highest BCUT2D eigenvalue weighted by atomic mass is 16.5. The number of amides is 1. The summed E-state index contributed by atoms with van der Waals surface area (Å²) < 4.78 is 6.14. The number of aliphatic hydroxyl groups excluding tert-OH is 1. The molecule has 2 heterocycles. The Morgan fingerprint density at radius 2 is 1.84 bits per heavy atom. The third-order valence-corrected chi connectivity index (χ3v) is 7.93. The number of nitrogens with zero attached hydrogens (tertiary/aromatic N) is 3. The van der Waals surface area contributed by atoms with E-state index in [2.05, 4.69) is 69.9 Å². The van der Waals surface area contributed by atoms with E-state index < -0.39 is 0 Å². The molecule has 2 aliphatic heterocycles. The predicted octanol–water partition coefficient (Wildman–Crippen LogP) is 4.56. The lowest BCUT2D eigenvalue weighted by Gasteiger charge is -2.34. The molecule has 1 amide bonds. The first-order valence-electron chi connectivity index (χ1n) is 14.0. The van der Waals surface area contributed by atoms with Crippen LogP contribution in [0.2, 0.25) is 0 Å². The number of carbonyl (C=O) groups excluding carboxylic acids is 1. The van der Waals surface area contributed by atoms with Crippen molar-refractivity contribution in [3.05, 3.63) is 35.9 Å². The Morgan fingerprint density at radius 3 is 2.43 bits per heavy atom. The fraction of sp³-hybridized carbons (Fsp3) is 0.633. The van der Waals surface area contributed by atoms with Gasteiger partial charge in [0.15, 0.2) is 6.29 Å². The summed E-state index contributed by atoms with van der Waals surface area (Å²) in [6, 6.07) is 8.40. The highest BCUT2D eigenvalue weighted by Crippen LogP contribution is 2.31. The zero-order valence-electron chi connectivity index (χ0n) is 22.7. The van der Waals surface area contributed by atoms with Crippen LogP contribution in [0, 0.1) is 23.2 Å². The monoisotopic (exact) mass is 508 g/mol. The molecule has 0 aromatic heterocycles. The molecule has 0 spiro atoms. The molecule has 1 aromatic carbocycles. The van der Waals surface area contributed by atoms with Crippen molar-refractivity contribution >= 4 is 23.9 Å². The van der Waals surface area contributed by atoms with Crippen LogP contribution in [0.5, 0.6) is 5.75 Å². The summed E-state index contributed by atoms with van der Waals surface area (Å²) in [5.41, 5.74) is 2.22. The van der Waals surface area contributed by atoms with Gasteiger partial charge in [0.25, 0.3) is 0 Å². The first-order chi connectivity index (χ1) is 17.9. The van der Waals surface area contributed by atoms with Gasteiger partial charge in [-0.3, -0.25) is 19.7 Å². The minimum absolute atomic E-state index is 0.0113. The number of carbonyl (C=O) groups is 1. The smallest absolute Gasteiger partial charge is 0.223 e. The van der Waals surface area contributed by atoms with Crippen molar-refractivity contribution < 1.29 is 14.6 Å². The van der Waals surface area contributed by atoms with Crippen molar-refractivity contribution in [2.75, 3.05) is 32.8 Å². The van der Waals surface area contributed by atoms with Crippen molar-refractivity contribution in [3.8, 4) is 5.75 Å². The third-order valence-electron chi connectivity index (χ3n) is 7.93. The highest BCUT2D eigenvalue weighted by Gasteiger charge is 2.26. The number of likely N-dealkylation sites (tertiary alicyclic amines) is 1. The van der Waals surface area contributed by atoms with Crippen molar-refractivity contribution in [1.82, 2.24) is 10.2 Å². The van der Waals surface area contributed by atoms with Crippen LogP contribution in [0.15, 0.2) is 40.3 Å². The number of aliphatic imine (C=N–C) groups is 2. The van der Waals surface area contributed by atoms with Crippen LogP contribution in [-0.4, -0.2) is 67.5 Å². The topological polar surface area (TPSA) is 86.5 Å². The fourth-order valence-electron chi connectivity index (χ4n) is 5.04. The number of rotatable bonds is 10. The lowest BCUT2D eigenvalue weighted by atomic mass is 9.85. The second-order valence-corrected chi connectivity index (χ2v) is 11.6. The van der Waals surface area contributed by atoms with Gasteiger partial charge < -0.3 is 15.2 Å². The van der Waals surface area contributed by atoms with E-state index in [9.17, 15) is 9.90 Å². The molecule has 0 saturated carbocycles. The van der Waals surface area contributed by atoms with E-state index in [4.69, 9.17) is 4.74 Å². The van der Waals surface area contributed by atoms with E-state index in [-0.39, 0.29) is 30.1 Å². The van der Waals surface area contributed by atoms with Crippen LogP contribution >= 0.6 is 0 Å². The molecular weight excluding hydrogens is 464 g/mol. The van der Waals surface area contributed by atoms with Gasteiger partial charge in [-0.15, -0.1) is 0 Å². The van der Waals surface area contributed by atoms with Crippen LogP contribution in [0.25, 0.3) is 5.57 Å². The first kappa shape index (κ1) is 27.5. The molecule has 0 bridgehead atoms. The maximum atomic E-state index is 12.5.